The minimum absolute atomic E-state index is 0.0428. The van der Waals surface area contributed by atoms with Gasteiger partial charge in [-0.05, 0) is 37.5 Å². The predicted molar refractivity (Wildman–Crippen MR) is 77.2 cm³/mol. The monoisotopic (exact) mass is 299 g/mol. The van der Waals surface area contributed by atoms with Gasteiger partial charge in [-0.25, -0.2) is 13.6 Å². The van der Waals surface area contributed by atoms with E-state index in [1.54, 1.807) is 12.1 Å². The number of rotatable bonds is 7. The van der Waals surface area contributed by atoms with E-state index in [9.17, 15) is 13.2 Å². The van der Waals surface area contributed by atoms with Crippen LogP contribution in [-0.2, 0) is 21.4 Å². The zero-order valence-electron chi connectivity index (χ0n) is 11.5. The molecule has 1 aromatic carbocycles. The number of amides is 1. The Hall–Kier alpha value is -1.44. The van der Waals surface area contributed by atoms with Crippen LogP contribution in [-0.4, -0.2) is 20.4 Å². The average Bonchev–Trinajstić information content (AvgIpc) is 2.35. The molecular formula is C13H21N3O3S. The smallest absolute Gasteiger partial charge is 0.238 e. The molecule has 1 aromatic rings. The molecule has 1 unspecified atom stereocenters. The van der Waals surface area contributed by atoms with Crippen LogP contribution in [0.4, 0.5) is 0 Å². The molecule has 20 heavy (non-hydrogen) atoms. The summed E-state index contributed by atoms with van der Waals surface area (Å²) in [4.78, 5) is 11.6. The Balaban J connectivity index is 2.48. The third-order valence-electron chi connectivity index (χ3n) is 2.78. The molecule has 0 spiro atoms. The van der Waals surface area contributed by atoms with Crippen LogP contribution in [0.2, 0.25) is 0 Å². The molecule has 1 amide bonds. The minimum atomic E-state index is -3.71. The lowest BCUT2D eigenvalue weighted by atomic mass is 10.1. The van der Waals surface area contributed by atoms with Crippen molar-refractivity contribution in [2.75, 3.05) is 0 Å². The van der Waals surface area contributed by atoms with E-state index in [1.807, 2.05) is 6.92 Å². The van der Waals surface area contributed by atoms with Crippen LogP contribution < -0.4 is 16.2 Å². The van der Waals surface area contributed by atoms with Gasteiger partial charge in [-0.15, -0.1) is 0 Å². The van der Waals surface area contributed by atoms with E-state index in [0.29, 0.717) is 12.0 Å². The van der Waals surface area contributed by atoms with Crippen LogP contribution >= 0.6 is 0 Å². The highest BCUT2D eigenvalue weighted by molar-refractivity contribution is 7.89. The number of nitrogens with one attached hydrogen (secondary N) is 1. The number of hydrogen-bond acceptors (Lipinski definition) is 4. The van der Waals surface area contributed by atoms with Gasteiger partial charge in [-0.3, -0.25) is 4.79 Å². The maximum Gasteiger partial charge on any atom is 0.238 e. The van der Waals surface area contributed by atoms with Crippen molar-refractivity contribution in [3.63, 3.8) is 0 Å². The van der Waals surface area contributed by atoms with Gasteiger partial charge >= 0.3 is 0 Å². The Morgan fingerprint density at radius 2 is 2.10 bits per heavy atom. The van der Waals surface area contributed by atoms with E-state index < -0.39 is 10.0 Å². The fourth-order valence-electron chi connectivity index (χ4n) is 1.71. The summed E-state index contributed by atoms with van der Waals surface area (Å²) in [6.07, 6.45) is 1.95. The van der Waals surface area contributed by atoms with Crippen molar-refractivity contribution in [1.82, 2.24) is 5.32 Å². The Morgan fingerprint density at radius 1 is 1.40 bits per heavy atom. The summed E-state index contributed by atoms with van der Waals surface area (Å²) in [5.41, 5.74) is 6.29. The molecule has 0 bridgehead atoms. The molecule has 6 nitrogen and oxygen atoms in total. The van der Waals surface area contributed by atoms with Crippen LogP contribution in [0.25, 0.3) is 0 Å². The molecule has 1 atom stereocenters. The van der Waals surface area contributed by atoms with Crippen LogP contribution in [0.15, 0.2) is 29.2 Å². The minimum Gasteiger partial charge on any atom is -0.352 e. The van der Waals surface area contributed by atoms with Crippen LogP contribution in [0.1, 0.15) is 31.7 Å². The number of sulfonamides is 1. The first kappa shape index (κ1) is 16.6. The topological polar surface area (TPSA) is 115 Å². The first-order valence-electron chi connectivity index (χ1n) is 6.43. The molecule has 0 aromatic heterocycles. The summed E-state index contributed by atoms with van der Waals surface area (Å²) in [7, 11) is -3.71. The fraction of sp³-hybridized carbons (Fsp3) is 0.462. The van der Waals surface area contributed by atoms with E-state index in [1.165, 1.54) is 12.1 Å². The zero-order chi connectivity index (χ0) is 15.2. The average molecular weight is 299 g/mol. The van der Waals surface area contributed by atoms with E-state index in [2.05, 4.69) is 5.32 Å². The highest BCUT2D eigenvalue weighted by Crippen LogP contribution is 2.09. The van der Waals surface area contributed by atoms with Crippen molar-refractivity contribution in [3.05, 3.63) is 29.8 Å². The first-order chi connectivity index (χ1) is 9.29. The lowest BCUT2D eigenvalue weighted by Crippen LogP contribution is -2.23. The van der Waals surface area contributed by atoms with Crippen LogP contribution in [0.5, 0.6) is 0 Å². The molecule has 0 radical (unpaired) electrons. The van der Waals surface area contributed by atoms with Crippen molar-refractivity contribution in [3.8, 4) is 0 Å². The number of benzene rings is 1. The van der Waals surface area contributed by atoms with Gasteiger partial charge in [0.2, 0.25) is 15.9 Å². The van der Waals surface area contributed by atoms with Crippen molar-refractivity contribution >= 4 is 15.9 Å². The summed E-state index contributed by atoms with van der Waals surface area (Å²) in [5, 5.41) is 7.78. The first-order valence-corrected chi connectivity index (χ1v) is 7.97. The largest absolute Gasteiger partial charge is 0.352 e. The van der Waals surface area contributed by atoms with Crippen LogP contribution in [0.3, 0.4) is 0 Å². The lowest BCUT2D eigenvalue weighted by molar-refractivity contribution is -0.121. The summed E-state index contributed by atoms with van der Waals surface area (Å²) >= 11 is 0. The molecule has 0 heterocycles. The lowest BCUT2D eigenvalue weighted by Gasteiger charge is -2.07. The normalized spacial score (nSPS) is 12.9. The molecule has 0 aliphatic rings. The fourth-order valence-corrected chi connectivity index (χ4v) is 2.29. The van der Waals surface area contributed by atoms with Gasteiger partial charge in [-0.1, -0.05) is 12.1 Å². The van der Waals surface area contributed by atoms with Crippen LogP contribution in [0, 0.1) is 0 Å². The summed E-state index contributed by atoms with van der Waals surface area (Å²) in [5.74, 6) is -0.0772. The molecule has 0 aliphatic carbocycles. The summed E-state index contributed by atoms with van der Waals surface area (Å²) in [6, 6.07) is 6.30. The standard InChI is InChI=1S/C13H21N3O3S/c1-10(14)4-2-7-13(17)16-9-11-5-3-6-12(8-11)20(15,18)19/h3,5-6,8,10H,2,4,7,9,14H2,1H3,(H,16,17)(H2,15,18,19). The van der Waals surface area contributed by atoms with E-state index >= 15 is 0 Å². The van der Waals surface area contributed by atoms with Gasteiger partial charge < -0.3 is 11.1 Å². The second kappa shape index (κ2) is 7.37. The zero-order valence-corrected chi connectivity index (χ0v) is 12.3. The molecule has 5 N–H and O–H groups in total. The van der Waals surface area contributed by atoms with Gasteiger partial charge in [0.15, 0.2) is 0 Å². The van der Waals surface area contributed by atoms with Gasteiger partial charge in [-0.2, -0.15) is 0 Å². The number of carbonyl (C=O) groups is 1. The third kappa shape index (κ3) is 6.14. The highest BCUT2D eigenvalue weighted by atomic mass is 32.2. The number of primary sulfonamides is 1. The van der Waals surface area contributed by atoms with Crippen molar-refractivity contribution in [2.45, 2.75) is 43.7 Å². The highest BCUT2D eigenvalue weighted by Gasteiger charge is 2.08. The Bertz CT molecular complexity index is 556. The molecular weight excluding hydrogens is 278 g/mol. The molecule has 0 aliphatic heterocycles. The van der Waals surface area contributed by atoms with Gasteiger partial charge in [0.05, 0.1) is 4.90 Å². The molecule has 112 valence electrons. The molecule has 0 saturated carbocycles. The van der Waals surface area contributed by atoms with Crippen molar-refractivity contribution in [1.29, 1.82) is 0 Å². The van der Waals surface area contributed by atoms with E-state index in [4.69, 9.17) is 10.9 Å². The maximum atomic E-state index is 11.6. The molecule has 0 fully saturated rings. The van der Waals surface area contributed by atoms with Crippen molar-refractivity contribution in [2.24, 2.45) is 10.9 Å². The summed E-state index contributed by atoms with van der Waals surface area (Å²) < 4.78 is 22.4. The number of hydrogen-bond donors (Lipinski definition) is 3. The predicted octanol–water partition coefficient (Wildman–Crippen LogP) is 0.468. The summed E-state index contributed by atoms with van der Waals surface area (Å²) in [6.45, 7) is 2.18. The third-order valence-corrected chi connectivity index (χ3v) is 3.69. The Morgan fingerprint density at radius 3 is 2.70 bits per heavy atom. The molecule has 0 saturated heterocycles. The van der Waals surface area contributed by atoms with E-state index in [0.717, 1.165) is 12.8 Å². The van der Waals surface area contributed by atoms with E-state index in [-0.39, 0.29) is 23.4 Å². The van der Waals surface area contributed by atoms with Crippen molar-refractivity contribution < 1.29 is 13.2 Å². The SMILES string of the molecule is CC(N)CCCC(=O)NCc1cccc(S(N)(=O)=O)c1. The van der Waals surface area contributed by atoms with Gasteiger partial charge in [0.25, 0.3) is 0 Å². The second-order valence-corrected chi connectivity index (χ2v) is 6.40. The Labute approximate surface area is 119 Å². The number of carbonyl (C=O) groups excluding carboxylic acids is 1. The quantitative estimate of drug-likeness (QED) is 0.678. The number of nitrogens with two attached hydrogens (primary N) is 2. The maximum absolute atomic E-state index is 11.6. The van der Waals surface area contributed by atoms with Gasteiger partial charge in [0, 0.05) is 19.0 Å². The molecule has 7 heteroatoms. The molecule has 1 rings (SSSR count). The van der Waals surface area contributed by atoms with Gasteiger partial charge in [0.1, 0.15) is 0 Å². The second-order valence-electron chi connectivity index (χ2n) is 4.84. The Kier molecular flexibility index (Phi) is 6.12.